The summed E-state index contributed by atoms with van der Waals surface area (Å²) in [6, 6.07) is -0.543. The summed E-state index contributed by atoms with van der Waals surface area (Å²) in [6.07, 6.45) is 5.47. The van der Waals surface area contributed by atoms with E-state index in [1.165, 1.54) is 6.26 Å². The minimum absolute atomic E-state index is 0.0115. The van der Waals surface area contributed by atoms with E-state index in [1.54, 1.807) is 0 Å². The summed E-state index contributed by atoms with van der Waals surface area (Å²) in [5.74, 6) is 0.874. The van der Waals surface area contributed by atoms with E-state index in [0.717, 1.165) is 25.9 Å². The number of ether oxygens (including phenoxy) is 1. The van der Waals surface area contributed by atoms with Crippen LogP contribution in [0.1, 0.15) is 43.4 Å². The lowest BCUT2D eigenvalue weighted by Gasteiger charge is -2.20. The summed E-state index contributed by atoms with van der Waals surface area (Å²) in [4.78, 5) is 4.23. The van der Waals surface area contributed by atoms with Crippen LogP contribution in [0.15, 0.2) is 4.52 Å². The summed E-state index contributed by atoms with van der Waals surface area (Å²) >= 11 is 0. The molecule has 2 heterocycles. The first-order chi connectivity index (χ1) is 9.44. The molecule has 7 nitrogen and oxygen atoms in total. The Labute approximate surface area is 118 Å². The molecule has 20 heavy (non-hydrogen) atoms. The van der Waals surface area contributed by atoms with Crippen molar-refractivity contribution >= 4 is 9.84 Å². The predicted octanol–water partition coefficient (Wildman–Crippen LogP) is 0.616. The molecule has 0 aromatic carbocycles. The molecule has 2 atom stereocenters. The van der Waals surface area contributed by atoms with Crippen molar-refractivity contribution in [3.63, 3.8) is 0 Å². The lowest BCUT2D eigenvalue weighted by molar-refractivity contribution is 0.0153. The van der Waals surface area contributed by atoms with Gasteiger partial charge in [-0.2, -0.15) is 4.98 Å². The second kappa shape index (κ2) is 6.64. The average molecular weight is 303 g/mol. The van der Waals surface area contributed by atoms with Crippen molar-refractivity contribution in [2.45, 2.75) is 44.2 Å². The minimum Gasteiger partial charge on any atom is -0.378 e. The van der Waals surface area contributed by atoms with E-state index in [1.807, 2.05) is 0 Å². The van der Waals surface area contributed by atoms with Crippen molar-refractivity contribution in [3.8, 4) is 0 Å². The molecule has 1 fully saturated rings. The number of nitrogens with two attached hydrogens (primary N) is 1. The summed E-state index contributed by atoms with van der Waals surface area (Å²) in [5, 5.41) is 3.88. The summed E-state index contributed by atoms with van der Waals surface area (Å²) in [5.41, 5.74) is 5.86. The SMILES string of the molecule is CS(=O)(=O)CCC(N)c1nc(CC2CCCCO2)no1. The van der Waals surface area contributed by atoms with Gasteiger partial charge in [-0.05, 0) is 25.7 Å². The van der Waals surface area contributed by atoms with Crippen LogP contribution in [0.3, 0.4) is 0 Å². The van der Waals surface area contributed by atoms with Gasteiger partial charge in [-0.3, -0.25) is 0 Å². The second-order valence-electron chi connectivity index (χ2n) is 5.27. The molecule has 2 rings (SSSR count). The molecule has 1 saturated heterocycles. The lowest BCUT2D eigenvalue weighted by Crippen LogP contribution is -2.22. The third-order valence-corrected chi connectivity index (χ3v) is 4.26. The van der Waals surface area contributed by atoms with Gasteiger partial charge in [0.15, 0.2) is 5.82 Å². The first-order valence-electron chi connectivity index (χ1n) is 6.81. The van der Waals surface area contributed by atoms with Crippen LogP contribution in [0.25, 0.3) is 0 Å². The van der Waals surface area contributed by atoms with Crippen LogP contribution in [0.5, 0.6) is 0 Å². The molecule has 1 aliphatic heterocycles. The normalized spacial score (nSPS) is 21.8. The number of hydrogen-bond acceptors (Lipinski definition) is 7. The molecule has 2 unspecified atom stereocenters. The Morgan fingerprint density at radius 2 is 2.25 bits per heavy atom. The first-order valence-corrected chi connectivity index (χ1v) is 8.87. The highest BCUT2D eigenvalue weighted by atomic mass is 32.2. The molecule has 0 amide bonds. The van der Waals surface area contributed by atoms with Crippen LogP contribution >= 0.6 is 0 Å². The zero-order valence-electron chi connectivity index (χ0n) is 11.6. The first kappa shape index (κ1) is 15.4. The summed E-state index contributed by atoms with van der Waals surface area (Å²) in [6.45, 7) is 0.781. The van der Waals surface area contributed by atoms with Crippen LogP contribution < -0.4 is 5.73 Å². The van der Waals surface area contributed by atoms with Gasteiger partial charge >= 0.3 is 0 Å². The molecule has 8 heteroatoms. The summed E-state index contributed by atoms with van der Waals surface area (Å²) in [7, 11) is -3.03. The molecule has 0 aliphatic carbocycles. The van der Waals surface area contributed by atoms with Gasteiger partial charge in [0, 0.05) is 19.3 Å². The van der Waals surface area contributed by atoms with Gasteiger partial charge in [-0.1, -0.05) is 5.16 Å². The van der Waals surface area contributed by atoms with E-state index >= 15 is 0 Å². The monoisotopic (exact) mass is 303 g/mol. The van der Waals surface area contributed by atoms with E-state index in [9.17, 15) is 8.42 Å². The quantitative estimate of drug-likeness (QED) is 0.820. The fourth-order valence-corrected chi connectivity index (χ4v) is 2.82. The van der Waals surface area contributed by atoms with Crippen LogP contribution in [0.2, 0.25) is 0 Å². The maximum Gasteiger partial charge on any atom is 0.243 e. The van der Waals surface area contributed by atoms with Gasteiger partial charge in [0.2, 0.25) is 5.89 Å². The van der Waals surface area contributed by atoms with E-state index in [-0.39, 0.29) is 18.3 Å². The third-order valence-electron chi connectivity index (χ3n) is 3.28. The van der Waals surface area contributed by atoms with E-state index < -0.39 is 15.9 Å². The van der Waals surface area contributed by atoms with Gasteiger partial charge in [-0.25, -0.2) is 8.42 Å². The molecular formula is C12H21N3O4S. The Kier molecular flexibility index (Phi) is 5.11. The van der Waals surface area contributed by atoms with Crippen molar-refractivity contribution in [2.75, 3.05) is 18.6 Å². The summed E-state index contributed by atoms with van der Waals surface area (Å²) < 4.78 is 32.9. The maximum atomic E-state index is 11.1. The highest BCUT2D eigenvalue weighted by Gasteiger charge is 2.20. The average Bonchev–Trinajstić information content (AvgIpc) is 2.85. The van der Waals surface area contributed by atoms with Crippen LogP contribution in [-0.2, 0) is 21.0 Å². The molecule has 114 valence electrons. The number of rotatable bonds is 6. The number of aromatic nitrogens is 2. The highest BCUT2D eigenvalue weighted by molar-refractivity contribution is 7.90. The van der Waals surface area contributed by atoms with Gasteiger partial charge in [0.1, 0.15) is 9.84 Å². The zero-order chi connectivity index (χ0) is 14.6. The van der Waals surface area contributed by atoms with Crippen molar-refractivity contribution in [3.05, 3.63) is 11.7 Å². The Morgan fingerprint density at radius 3 is 2.90 bits per heavy atom. The van der Waals surface area contributed by atoms with E-state index in [4.69, 9.17) is 15.0 Å². The maximum absolute atomic E-state index is 11.1. The van der Waals surface area contributed by atoms with Crippen LogP contribution in [0.4, 0.5) is 0 Å². The Bertz CT molecular complexity index is 523. The predicted molar refractivity (Wildman–Crippen MR) is 72.8 cm³/mol. The Morgan fingerprint density at radius 1 is 1.45 bits per heavy atom. The molecule has 0 saturated carbocycles. The molecule has 1 aliphatic rings. The van der Waals surface area contributed by atoms with Crippen molar-refractivity contribution in [1.29, 1.82) is 0 Å². The number of hydrogen-bond donors (Lipinski definition) is 1. The van der Waals surface area contributed by atoms with Crippen LogP contribution in [0, 0.1) is 0 Å². The van der Waals surface area contributed by atoms with Crippen LogP contribution in [-0.4, -0.2) is 43.3 Å². The molecule has 2 N–H and O–H groups in total. The number of sulfone groups is 1. The van der Waals surface area contributed by atoms with Crippen molar-refractivity contribution in [2.24, 2.45) is 5.73 Å². The van der Waals surface area contributed by atoms with Gasteiger partial charge < -0.3 is 15.0 Å². The van der Waals surface area contributed by atoms with Crippen molar-refractivity contribution in [1.82, 2.24) is 10.1 Å². The Hall–Kier alpha value is -0.990. The van der Waals surface area contributed by atoms with Gasteiger partial charge in [0.25, 0.3) is 0 Å². The fourth-order valence-electron chi connectivity index (χ4n) is 2.14. The molecule has 0 bridgehead atoms. The zero-order valence-corrected chi connectivity index (χ0v) is 12.4. The van der Waals surface area contributed by atoms with E-state index in [0.29, 0.717) is 18.1 Å². The standard InChI is InChI=1S/C12H21N3O4S/c1-20(16,17)7-5-10(13)12-14-11(15-19-12)8-9-4-2-3-6-18-9/h9-10H,2-8,13H2,1H3. The third kappa shape index (κ3) is 4.84. The fraction of sp³-hybridized carbons (Fsp3) is 0.833. The number of nitrogens with zero attached hydrogens (tertiary/aromatic N) is 2. The highest BCUT2D eigenvalue weighted by Crippen LogP contribution is 2.18. The topological polar surface area (TPSA) is 108 Å². The van der Waals surface area contributed by atoms with E-state index in [2.05, 4.69) is 10.1 Å². The van der Waals surface area contributed by atoms with Gasteiger partial charge in [-0.15, -0.1) is 0 Å². The van der Waals surface area contributed by atoms with Gasteiger partial charge in [0.05, 0.1) is 17.9 Å². The molecule has 1 aromatic heterocycles. The molecule has 0 spiro atoms. The second-order valence-corrected chi connectivity index (χ2v) is 7.53. The minimum atomic E-state index is -3.03. The Balaban J connectivity index is 1.87. The largest absolute Gasteiger partial charge is 0.378 e. The van der Waals surface area contributed by atoms with Crippen molar-refractivity contribution < 1.29 is 17.7 Å². The lowest BCUT2D eigenvalue weighted by atomic mass is 10.1. The molecule has 0 radical (unpaired) electrons. The molecular weight excluding hydrogens is 282 g/mol. The molecule has 1 aromatic rings. The smallest absolute Gasteiger partial charge is 0.243 e.